The average Bonchev–Trinajstić information content (AvgIpc) is 2.88. The van der Waals surface area contributed by atoms with Gasteiger partial charge in [-0.2, -0.15) is 12.7 Å². The minimum absolute atomic E-state index is 0.0830. The van der Waals surface area contributed by atoms with E-state index in [1.165, 1.54) is 16.4 Å². The molecular weight excluding hydrogens is 510 g/mol. The van der Waals surface area contributed by atoms with E-state index in [4.69, 9.17) is 4.74 Å². The van der Waals surface area contributed by atoms with Gasteiger partial charge in [-0.05, 0) is 69.2 Å². The van der Waals surface area contributed by atoms with Crippen LogP contribution in [0.25, 0.3) is 0 Å². The van der Waals surface area contributed by atoms with Crippen molar-refractivity contribution < 1.29 is 21.6 Å². The number of rotatable bonds is 6. The third-order valence-electron chi connectivity index (χ3n) is 6.37. The Kier molecular flexibility index (Phi) is 7.72. The lowest BCUT2D eigenvalue weighted by atomic mass is 10.1. The number of hydrogen-bond donors (Lipinski definition) is 0. The third-order valence-corrected chi connectivity index (χ3v) is 9.61. The molecule has 0 radical (unpaired) electrons. The molecule has 8 nitrogen and oxygen atoms in total. The standard InChI is InChI=1S/C27H31N3O5S2/c1-20-6-14-25(15-7-20)36(31,32)28-22(3)29-18-5-19-30(27(29)23-10-12-24(35-4)13-11-23)37(33,34)26-16-8-21(2)9-17-26/h6-17,27H,5,18-19H2,1-4H3/t27-/m0/s1. The molecule has 1 aliphatic rings. The van der Waals surface area contributed by atoms with Gasteiger partial charge in [0.05, 0.1) is 16.9 Å². The summed E-state index contributed by atoms with van der Waals surface area (Å²) in [6.07, 6.45) is -0.280. The van der Waals surface area contributed by atoms with Crippen molar-refractivity contribution in [2.75, 3.05) is 20.2 Å². The van der Waals surface area contributed by atoms with Crippen LogP contribution in [0.1, 0.15) is 36.2 Å². The summed E-state index contributed by atoms with van der Waals surface area (Å²) in [6.45, 7) is 6.09. The number of nitrogens with zero attached hydrogens (tertiary/aromatic N) is 3. The number of ether oxygens (including phenoxy) is 1. The highest BCUT2D eigenvalue weighted by atomic mass is 32.2. The first-order valence-electron chi connectivity index (χ1n) is 11.9. The van der Waals surface area contributed by atoms with Crippen LogP contribution in [0.3, 0.4) is 0 Å². The molecule has 1 atom stereocenters. The van der Waals surface area contributed by atoms with Crippen molar-refractivity contribution in [3.63, 3.8) is 0 Å². The van der Waals surface area contributed by atoms with Crippen molar-refractivity contribution in [2.45, 2.75) is 43.1 Å². The molecule has 10 heteroatoms. The minimum Gasteiger partial charge on any atom is -0.497 e. The summed E-state index contributed by atoms with van der Waals surface area (Å²) in [4.78, 5) is 2.00. The summed E-state index contributed by atoms with van der Waals surface area (Å²) in [5, 5.41) is 0. The monoisotopic (exact) mass is 541 g/mol. The van der Waals surface area contributed by atoms with E-state index in [-0.39, 0.29) is 22.2 Å². The second-order valence-electron chi connectivity index (χ2n) is 9.05. The second kappa shape index (κ2) is 10.6. The lowest BCUT2D eigenvalue weighted by Crippen LogP contribution is -2.51. The van der Waals surface area contributed by atoms with Crippen molar-refractivity contribution >= 4 is 25.9 Å². The second-order valence-corrected chi connectivity index (χ2v) is 12.5. The molecule has 1 aliphatic heterocycles. The van der Waals surface area contributed by atoms with Crippen LogP contribution in [0, 0.1) is 13.8 Å². The summed E-state index contributed by atoms with van der Waals surface area (Å²) < 4.78 is 64.7. The zero-order chi connectivity index (χ0) is 26.8. The highest BCUT2D eigenvalue weighted by Gasteiger charge is 2.39. The van der Waals surface area contributed by atoms with Crippen LogP contribution in [-0.4, -0.2) is 52.1 Å². The maximum Gasteiger partial charge on any atom is 0.283 e. The van der Waals surface area contributed by atoms with E-state index in [1.54, 1.807) is 79.6 Å². The van der Waals surface area contributed by atoms with Crippen molar-refractivity contribution in [3.8, 4) is 5.75 Å². The number of amidine groups is 1. The van der Waals surface area contributed by atoms with Gasteiger partial charge in [0.1, 0.15) is 17.8 Å². The first kappa shape index (κ1) is 26.8. The van der Waals surface area contributed by atoms with Gasteiger partial charge in [0.2, 0.25) is 10.0 Å². The molecule has 4 rings (SSSR count). The van der Waals surface area contributed by atoms with E-state index in [1.807, 2.05) is 13.8 Å². The van der Waals surface area contributed by atoms with Crippen molar-refractivity contribution in [3.05, 3.63) is 89.5 Å². The van der Waals surface area contributed by atoms with Gasteiger partial charge in [-0.3, -0.25) is 0 Å². The average molecular weight is 542 g/mol. The zero-order valence-corrected chi connectivity index (χ0v) is 23.0. The highest BCUT2D eigenvalue weighted by molar-refractivity contribution is 7.90. The molecular formula is C27H31N3O5S2. The van der Waals surface area contributed by atoms with Crippen LogP contribution in [0.4, 0.5) is 0 Å². The molecule has 0 bridgehead atoms. The Hall–Kier alpha value is -3.21. The minimum atomic E-state index is -3.99. The van der Waals surface area contributed by atoms with E-state index in [0.717, 1.165) is 11.1 Å². The maximum absolute atomic E-state index is 13.8. The number of aryl methyl sites for hydroxylation is 2. The van der Waals surface area contributed by atoms with Gasteiger partial charge < -0.3 is 9.64 Å². The maximum atomic E-state index is 13.8. The van der Waals surface area contributed by atoms with E-state index >= 15 is 0 Å². The smallest absolute Gasteiger partial charge is 0.283 e. The van der Waals surface area contributed by atoms with Crippen molar-refractivity contribution in [2.24, 2.45) is 4.40 Å². The highest BCUT2D eigenvalue weighted by Crippen LogP contribution is 2.35. The summed E-state index contributed by atoms with van der Waals surface area (Å²) in [5.74, 6) is 0.844. The van der Waals surface area contributed by atoms with Crippen LogP contribution in [-0.2, 0) is 20.0 Å². The summed E-state index contributed by atoms with van der Waals surface area (Å²) in [5.41, 5.74) is 2.57. The normalized spacial score (nSPS) is 17.6. The molecule has 1 saturated heterocycles. The topological polar surface area (TPSA) is 96.3 Å². The molecule has 1 fully saturated rings. The number of benzene rings is 3. The lowest BCUT2D eigenvalue weighted by Gasteiger charge is -2.44. The van der Waals surface area contributed by atoms with Gasteiger partial charge in [-0.15, -0.1) is 4.40 Å². The molecule has 0 spiro atoms. The Balaban J connectivity index is 1.80. The SMILES string of the molecule is COc1ccc([C@H]2N(C(C)=NS(=O)(=O)c3ccc(C)cc3)CCCN2S(=O)(=O)c2ccc(C)cc2)cc1. The Morgan fingerprint density at radius 2 is 1.35 bits per heavy atom. The molecule has 1 heterocycles. The predicted molar refractivity (Wildman–Crippen MR) is 144 cm³/mol. The molecule has 0 N–H and O–H groups in total. The van der Waals surface area contributed by atoms with E-state index < -0.39 is 26.2 Å². The van der Waals surface area contributed by atoms with Gasteiger partial charge in [-0.25, -0.2) is 8.42 Å². The van der Waals surface area contributed by atoms with Gasteiger partial charge >= 0.3 is 0 Å². The van der Waals surface area contributed by atoms with E-state index in [2.05, 4.69) is 4.40 Å². The number of hydrogen-bond acceptors (Lipinski definition) is 5. The first-order valence-corrected chi connectivity index (χ1v) is 14.8. The van der Waals surface area contributed by atoms with E-state index in [0.29, 0.717) is 24.3 Å². The molecule has 0 aromatic heterocycles. The van der Waals surface area contributed by atoms with Crippen LogP contribution in [0.5, 0.6) is 5.75 Å². The quantitative estimate of drug-likeness (QED) is 0.336. The fourth-order valence-corrected chi connectivity index (χ4v) is 7.00. The van der Waals surface area contributed by atoms with Gasteiger partial charge in [0.25, 0.3) is 10.0 Å². The number of sulfonamides is 2. The summed E-state index contributed by atoms with van der Waals surface area (Å²) in [7, 11) is -6.34. The van der Waals surface area contributed by atoms with Crippen LogP contribution in [0.15, 0.2) is 87.0 Å². The Bertz CT molecular complexity index is 1480. The molecule has 0 saturated carbocycles. The Morgan fingerprint density at radius 3 is 1.89 bits per heavy atom. The molecule has 0 amide bonds. The van der Waals surface area contributed by atoms with Gasteiger partial charge in [0, 0.05) is 13.1 Å². The predicted octanol–water partition coefficient (Wildman–Crippen LogP) is 4.51. The fraction of sp³-hybridized carbons (Fsp3) is 0.296. The van der Waals surface area contributed by atoms with Crippen molar-refractivity contribution in [1.29, 1.82) is 0 Å². The Morgan fingerprint density at radius 1 is 0.811 bits per heavy atom. The lowest BCUT2D eigenvalue weighted by molar-refractivity contribution is 0.124. The van der Waals surface area contributed by atoms with Gasteiger partial charge in [0.15, 0.2) is 0 Å². The molecule has 196 valence electrons. The molecule has 0 aliphatic carbocycles. The molecule has 37 heavy (non-hydrogen) atoms. The Labute approximate surface area is 219 Å². The zero-order valence-electron chi connectivity index (χ0n) is 21.3. The molecule has 0 unspecified atom stereocenters. The van der Waals surface area contributed by atoms with Crippen LogP contribution >= 0.6 is 0 Å². The van der Waals surface area contributed by atoms with Crippen LogP contribution in [0.2, 0.25) is 0 Å². The largest absolute Gasteiger partial charge is 0.497 e. The third kappa shape index (κ3) is 5.71. The first-order chi connectivity index (χ1) is 17.5. The van der Waals surface area contributed by atoms with Crippen LogP contribution < -0.4 is 4.74 Å². The summed E-state index contributed by atoms with van der Waals surface area (Å²) >= 11 is 0. The van der Waals surface area contributed by atoms with E-state index in [9.17, 15) is 16.8 Å². The fourth-order valence-electron chi connectivity index (χ4n) is 4.34. The molecule has 3 aromatic carbocycles. The molecule has 3 aromatic rings. The number of methoxy groups -OCH3 is 1. The van der Waals surface area contributed by atoms with Gasteiger partial charge in [-0.1, -0.05) is 47.5 Å². The summed E-state index contributed by atoms with van der Waals surface area (Å²) in [6, 6.07) is 20.3. The van der Waals surface area contributed by atoms with Crippen molar-refractivity contribution in [1.82, 2.24) is 9.21 Å².